The SMILES string of the molecule is NCC(=O)Oc1cccc2c1CCCC2. The summed E-state index contributed by atoms with van der Waals surface area (Å²) in [4.78, 5) is 11.1. The summed E-state index contributed by atoms with van der Waals surface area (Å²) in [5.41, 5.74) is 7.72. The topological polar surface area (TPSA) is 52.3 Å². The number of hydrogen-bond acceptors (Lipinski definition) is 3. The Balaban J connectivity index is 2.27. The Hall–Kier alpha value is -1.35. The molecular formula is C12H15NO2. The van der Waals surface area contributed by atoms with Crippen LogP contribution in [0.3, 0.4) is 0 Å². The van der Waals surface area contributed by atoms with E-state index in [9.17, 15) is 4.79 Å². The number of carbonyl (C=O) groups is 1. The molecule has 0 bridgehead atoms. The highest BCUT2D eigenvalue weighted by Gasteiger charge is 2.15. The van der Waals surface area contributed by atoms with E-state index in [1.165, 1.54) is 24.0 Å². The molecule has 2 rings (SSSR count). The smallest absolute Gasteiger partial charge is 0.325 e. The summed E-state index contributed by atoms with van der Waals surface area (Å²) in [6, 6.07) is 5.88. The lowest BCUT2D eigenvalue weighted by Gasteiger charge is -2.18. The third kappa shape index (κ3) is 2.18. The molecular weight excluding hydrogens is 190 g/mol. The van der Waals surface area contributed by atoms with E-state index in [0.29, 0.717) is 5.75 Å². The van der Waals surface area contributed by atoms with Gasteiger partial charge >= 0.3 is 5.97 Å². The van der Waals surface area contributed by atoms with Crippen molar-refractivity contribution >= 4 is 5.97 Å². The van der Waals surface area contributed by atoms with Gasteiger partial charge in [0.2, 0.25) is 0 Å². The van der Waals surface area contributed by atoms with Gasteiger partial charge in [-0.25, -0.2) is 0 Å². The van der Waals surface area contributed by atoms with Gasteiger partial charge in [-0.15, -0.1) is 0 Å². The first-order chi connectivity index (χ1) is 7.31. The summed E-state index contributed by atoms with van der Waals surface area (Å²) >= 11 is 0. The number of hydrogen-bond donors (Lipinski definition) is 1. The zero-order valence-corrected chi connectivity index (χ0v) is 8.66. The summed E-state index contributed by atoms with van der Waals surface area (Å²) in [6.07, 6.45) is 4.48. The van der Waals surface area contributed by atoms with E-state index in [1.807, 2.05) is 12.1 Å². The van der Waals surface area contributed by atoms with Crippen LogP contribution in [0.4, 0.5) is 0 Å². The standard InChI is InChI=1S/C12H15NO2/c13-8-12(14)15-11-7-3-5-9-4-1-2-6-10(9)11/h3,5,7H,1-2,4,6,8,13H2. The normalized spacial score (nSPS) is 14.5. The fourth-order valence-electron chi connectivity index (χ4n) is 2.01. The molecule has 80 valence electrons. The Bertz CT molecular complexity index is 374. The van der Waals surface area contributed by atoms with Gasteiger partial charge in [0.25, 0.3) is 0 Å². The van der Waals surface area contributed by atoms with Crippen molar-refractivity contribution in [2.75, 3.05) is 6.54 Å². The number of carbonyl (C=O) groups excluding carboxylic acids is 1. The molecule has 0 heterocycles. The predicted molar refractivity (Wildman–Crippen MR) is 57.8 cm³/mol. The maximum Gasteiger partial charge on any atom is 0.325 e. The van der Waals surface area contributed by atoms with Crippen LogP contribution in [0.25, 0.3) is 0 Å². The maximum absolute atomic E-state index is 11.1. The summed E-state index contributed by atoms with van der Waals surface area (Å²) in [7, 11) is 0. The van der Waals surface area contributed by atoms with Crippen LogP contribution >= 0.6 is 0 Å². The van der Waals surface area contributed by atoms with Gasteiger partial charge in [-0.05, 0) is 42.9 Å². The molecule has 0 saturated heterocycles. The minimum Gasteiger partial charge on any atom is -0.425 e. The lowest BCUT2D eigenvalue weighted by molar-refractivity contribution is -0.132. The van der Waals surface area contributed by atoms with E-state index in [1.54, 1.807) is 0 Å². The highest BCUT2D eigenvalue weighted by molar-refractivity contribution is 5.74. The van der Waals surface area contributed by atoms with Crippen molar-refractivity contribution in [3.05, 3.63) is 29.3 Å². The summed E-state index contributed by atoms with van der Waals surface area (Å²) < 4.78 is 5.20. The van der Waals surface area contributed by atoms with Gasteiger partial charge in [-0.2, -0.15) is 0 Å². The third-order valence-corrected chi connectivity index (χ3v) is 2.74. The molecule has 0 atom stereocenters. The highest BCUT2D eigenvalue weighted by atomic mass is 16.5. The Labute approximate surface area is 89.2 Å². The second kappa shape index (κ2) is 4.45. The average Bonchev–Trinajstić information content (AvgIpc) is 2.29. The Morgan fingerprint density at radius 1 is 1.33 bits per heavy atom. The van der Waals surface area contributed by atoms with Crippen molar-refractivity contribution in [1.29, 1.82) is 0 Å². The number of ether oxygens (including phenoxy) is 1. The van der Waals surface area contributed by atoms with Gasteiger partial charge in [-0.1, -0.05) is 12.1 Å². The van der Waals surface area contributed by atoms with Crippen molar-refractivity contribution in [2.45, 2.75) is 25.7 Å². The average molecular weight is 205 g/mol. The molecule has 0 unspecified atom stereocenters. The second-order valence-corrected chi connectivity index (χ2v) is 3.78. The minimum atomic E-state index is -0.367. The van der Waals surface area contributed by atoms with E-state index in [2.05, 4.69) is 6.07 Å². The molecule has 0 aromatic heterocycles. The summed E-state index contributed by atoms with van der Waals surface area (Å²) in [5.74, 6) is 0.330. The van der Waals surface area contributed by atoms with Gasteiger partial charge in [0.05, 0.1) is 6.54 Å². The zero-order valence-electron chi connectivity index (χ0n) is 8.66. The molecule has 0 aliphatic heterocycles. The number of fused-ring (bicyclic) bond motifs is 1. The van der Waals surface area contributed by atoms with Gasteiger partial charge < -0.3 is 10.5 Å². The van der Waals surface area contributed by atoms with Crippen LogP contribution in [0.15, 0.2) is 18.2 Å². The van der Waals surface area contributed by atoms with Crippen molar-refractivity contribution < 1.29 is 9.53 Å². The zero-order chi connectivity index (χ0) is 10.7. The largest absolute Gasteiger partial charge is 0.425 e. The lowest BCUT2D eigenvalue weighted by atomic mass is 9.91. The second-order valence-electron chi connectivity index (χ2n) is 3.78. The van der Waals surface area contributed by atoms with E-state index in [4.69, 9.17) is 10.5 Å². The Morgan fingerprint density at radius 3 is 2.93 bits per heavy atom. The van der Waals surface area contributed by atoms with Crippen LogP contribution in [-0.4, -0.2) is 12.5 Å². The van der Waals surface area contributed by atoms with Crippen molar-refractivity contribution in [3.8, 4) is 5.75 Å². The van der Waals surface area contributed by atoms with Gasteiger partial charge in [0, 0.05) is 0 Å². The number of aryl methyl sites for hydroxylation is 1. The molecule has 3 nitrogen and oxygen atoms in total. The summed E-state index contributed by atoms with van der Waals surface area (Å²) in [6.45, 7) is -0.0658. The van der Waals surface area contributed by atoms with Crippen LogP contribution in [0, 0.1) is 0 Å². The molecule has 1 aromatic rings. The molecule has 1 aromatic carbocycles. The molecule has 1 aliphatic carbocycles. The minimum absolute atomic E-state index is 0.0658. The van der Waals surface area contributed by atoms with E-state index in [0.717, 1.165) is 12.8 Å². The van der Waals surface area contributed by atoms with E-state index < -0.39 is 0 Å². The molecule has 0 fully saturated rings. The molecule has 0 radical (unpaired) electrons. The van der Waals surface area contributed by atoms with Crippen molar-refractivity contribution in [1.82, 2.24) is 0 Å². The number of benzene rings is 1. The summed E-state index contributed by atoms with van der Waals surface area (Å²) in [5, 5.41) is 0. The molecule has 0 saturated carbocycles. The fourth-order valence-corrected chi connectivity index (χ4v) is 2.01. The highest BCUT2D eigenvalue weighted by Crippen LogP contribution is 2.29. The molecule has 15 heavy (non-hydrogen) atoms. The molecule has 2 N–H and O–H groups in total. The lowest BCUT2D eigenvalue weighted by Crippen LogP contribution is -2.20. The fraction of sp³-hybridized carbons (Fsp3) is 0.417. The third-order valence-electron chi connectivity index (χ3n) is 2.74. The van der Waals surface area contributed by atoms with E-state index >= 15 is 0 Å². The first-order valence-corrected chi connectivity index (χ1v) is 5.33. The number of nitrogens with two attached hydrogens (primary N) is 1. The maximum atomic E-state index is 11.1. The van der Waals surface area contributed by atoms with Crippen LogP contribution in [0.5, 0.6) is 5.75 Å². The van der Waals surface area contributed by atoms with E-state index in [-0.39, 0.29) is 12.5 Å². The van der Waals surface area contributed by atoms with Crippen LogP contribution in [0.1, 0.15) is 24.0 Å². The number of rotatable bonds is 2. The predicted octanol–water partition coefficient (Wildman–Crippen LogP) is 1.43. The van der Waals surface area contributed by atoms with Gasteiger partial charge in [0.15, 0.2) is 0 Å². The molecule has 0 amide bonds. The van der Waals surface area contributed by atoms with Gasteiger partial charge in [-0.3, -0.25) is 4.79 Å². The first kappa shape index (κ1) is 10.2. The Morgan fingerprint density at radius 2 is 2.13 bits per heavy atom. The molecule has 1 aliphatic rings. The van der Waals surface area contributed by atoms with Crippen molar-refractivity contribution in [3.63, 3.8) is 0 Å². The van der Waals surface area contributed by atoms with Crippen LogP contribution in [-0.2, 0) is 17.6 Å². The first-order valence-electron chi connectivity index (χ1n) is 5.33. The van der Waals surface area contributed by atoms with Gasteiger partial charge in [0.1, 0.15) is 5.75 Å². The molecule has 0 spiro atoms. The molecule has 3 heteroatoms. The van der Waals surface area contributed by atoms with Crippen LogP contribution in [0.2, 0.25) is 0 Å². The van der Waals surface area contributed by atoms with Crippen molar-refractivity contribution in [2.24, 2.45) is 5.73 Å². The number of esters is 1. The Kier molecular flexibility index (Phi) is 3.02. The van der Waals surface area contributed by atoms with Crippen LogP contribution < -0.4 is 10.5 Å². The quantitative estimate of drug-likeness (QED) is 0.587. The monoisotopic (exact) mass is 205 g/mol.